The van der Waals surface area contributed by atoms with E-state index in [0.717, 1.165) is 6.07 Å². The topological polar surface area (TPSA) is 108 Å². The number of nitrogens with two attached hydrogens (primary N) is 1. The second-order valence-corrected chi connectivity index (χ2v) is 4.09. The van der Waals surface area contributed by atoms with Crippen LogP contribution in [0.25, 0.3) is 0 Å². The van der Waals surface area contributed by atoms with Gasteiger partial charge < -0.3 is 21.3 Å². The largest absolute Gasteiger partial charge is 0.508 e. The van der Waals surface area contributed by atoms with Gasteiger partial charge in [0, 0.05) is 6.07 Å². The number of amides is 1. The van der Waals surface area contributed by atoms with Gasteiger partial charge in [0.25, 0.3) is 5.91 Å². The molecule has 0 aliphatic heterocycles. The Kier molecular flexibility index (Phi) is 3.24. The van der Waals surface area contributed by atoms with Crippen LogP contribution in [-0.2, 0) is 0 Å². The van der Waals surface area contributed by atoms with Crippen LogP contribution >= 0.6 is 0 Å². The zero-order valence-electron chi connectivity index (χ0n) is 10.2. The highest BCUT2D eigenvalue weighted by Crippen LogP contribution is 2.24. The van der Waals surface area contributed by atoms with Crippen LogP contribution in [0.3, 0.4) is 0 Å². The lowest BCUT2D eigenvalue weighted by Gasteiger charge is -2.09. The summed E-state index contributed by atoms with van der Waals surface area (Å²) in [5, 5.41) is 21.3. The highest BCUT2D eigenvalue weighted by atomic mass is 16.3. The molecule has 2 rings (SSSR count). The highest BCUT2D eigenvalue weighted by Gasteiger charge is 2.13. The number of nitrogens with zero attached hydrogens (tertiary/aromatic N) is 1. The molecule has 0 fully saturated rings. The fourth-order valence-electron chi connectivity index (χ4n) is 1.61. The fourth-order valence-corrected chi connectivity index (χ4v) is 1.61. The molecule has 0 bridgehead atoms. The summed E-state index contributed by atoms with van der Waals surface area (Å²) in [6.07, 6.45) is 1.43. The van der Waals surface area contributed by atoms with Crippen LogP contribution < -0.4 is 11.1 Å². The summed E-state index contributed by atoms with van der Waals surface area (Å²) in [4.78, 5) is 16.0. The number of aromatic hydroxyl groups is 2. The van der Waals surface area contributed by atoms with Gasteiger partial charge in [0.1, 0.15) is 17.3 Å². The number of phenolic OH excluding ortho intramolecular Hbond substituents is 2. The zero-order chi connectivity index (χ0) is 14.0. The molecule has 0 saturated carbocycles. The number of nitrogens with one attached hydrogen (secondary N) is 1. The van der Waals surface area contributed by atoms with Crippen molar-refractivity contribution in [1.82, 2.24) is 4.98 Å². The summed E-state index contributed by atoms with van der Waals surface area (Å²) >= 11 is 0. The van der Waals surface area contributed by atoms with E-state index in [0.29, 0.717) is 17.1 Å². The Morgan fingerprint density at radius 1 is 1.32 bits per heavy atom. The first-order chi connectivity index (χ1) is 8.97. The minimum Gasteiger partial charge on any atom is -0.508 e. The van der Waals surface area contributed by atoms with Gasteiger partial charge >= 0.3 is 0 Å². The Balaban J connectivity index is 2.25. The number of hydrogen-bond donors (Lipinski definition) is 4. The number of aryl methyl sites for hydroxylation is 1. The molecule has 2 aromatic rings. The summed E-state index contributed by atoms with van der Waals surface area (Å²) in [6, 6.07) is 5.42. The molecule has 19 heavy (non-hydrogen) atoms. The van der Waals surface area contributed by atoms with Gasteiger partial charge in [-0.25, -0.2) is 4.98 Å². The maximum Gasteiger partial charge on any atom is 0.260 e. The van der Waals surface area contributed by atoms with Crippen LogP contribution in [0.1, 0.15) is 15.9 Å². The lowest BCUT2D eigenvalue weighted by Crippen LogP contribution is -2.14. The van der Waals surface area contributed by atoms with Crippen LogP contribution in [0.4, 0.5) is 11.5 Å². The number of rotatable bonds is 2. The first-order valence-electron chi connectivity index (χ1n) is 5.53. The first kappa shape index (κ1) is 12.7. The molecule has 0 atom stereocenters. The number of carbonyl (C=O) groups excluding carboxylic acids is 1. The number of pyridine rings is 1. The van der Waals surface area contributed by atoms with E-state index in [2.05, 4.69) is 10.3 Å². The molecule has 6 nitrogen and oxygen atoms in total. The predicted octanol–water partition coefficient (Wildman–Crippen LogP) is 1.64. The third-order valence-electron chi connectivity index (χ3n) is 2.56. The van der Waals surface area contributed by atoms with Crippen molar-refractivity contribution >= 4 is 17.4 Å². The molecule has 5 N–H and O–H groups in total. The average Bonchev–Trinajstić information content (AvgIpc) is 2.32. The van der Waals surface area contributed by atoms with E-state index in [1.165, 1.54) is 18.3 Å². The molecular weight excluding hydrogens is 246 g/mol. The fraction of sp³-hybridized carbons (Fsp3) is 0.0769. The minimum absolute atomic E-state index is 0.0517. The third-order valence-corrected chi connectivity index (χ3v) is 2.56. The van der Waals surface area contributed by atoms with Crippen molar-refractivity contribution in [1.29, 1.82) is 0 Å². The number of carbonyl (C=O) groups is 1. The maximum absolute atomic E-state index is 12.0. The molecule has 0 unspecified atom stereocenters. The molecule has 1 heterocycles. The number of benzene rings is 1. The van der Waals surface area contributed by atoms with E-state index in [-0.39, 0.29) is 17.1 Å². The van der Waals surface area contributed by atoms with Gasteiger partial charge in [0.15, 0.2) is 0 Å². The Morgan fingerprint density at radius 3 is 2.68 bits per heavy atom. The van der Waals surface area contributed by atoms with Crippen molar-refractivity contribution in [3.05, 3.63) is 41.6 Å². The standard InChI is InChI=1S/C13H13N3O3/c1-7-4-8(14)6-15-12(7)16-13(19)10-3-2-9(17)5-11(10)18/h2-6,17-18H,14H2,1H3,(H,15,16,19). The van der Waals surface area contributed by atoms with Gasteiger partial charge in [-0.3, -0.25) is 4.79 Å². The number of anilines is 2. The Labute approximate surface area is 109 Å². The smallest absolute Gasteiger partial charge is 0.260 e. The molecule has 98 valence electrons. The van der Waals surface area contributed by atoms with Crippen molar-refractivity contribution in [3.8, 4) is 11.5 Å². The molecule has 0 aliphatic rings. The van der Waals surface area contributed by atoms with E-state index < -0.39 is 5.91 Å². The van der Waals surface area contributed by atoms with E-state index in [4.69, 9.17) is 10.8 Å². The van der Waals surface area contributed by atoms with Crippen molar-refractivity contribution in [2.24, 2.45) is 0 Å². The molecule has 6 heteroatoms. The van der Waals surface area contributed by atoms with Gasteiger partial charge in [0.2, 0.25) is 0 Å². The Bertz CT molecular complexity index is 641. The van der Waals surface area contributed by atoms with Crippen LogP contribution in [0.5, 0.6) is 11.5 Å². The Hall–Kier alpha value is -2.76. The average molecular weight is 259 g/mol. The molecule has 1 aromatic carbocycles. The number of phenols is 2. The van der Waals surface area contributed by atoms with Gasteiger partial charge in [-0.2, -0.15) is 0 Å². The lowest BCUT2D eigenvalue weighted by molar-refractivity contribution is 0.102. The molecule has 1 amide bonds. The quantitative estimate of drug-likeness (QED) is 0.655. The van der Waals surface area contributed by atoms with E-state index in [9.17, 15) is 9.90 Å². The highest BCUT2D eigenvalue weighted by molar-refractivity contribution is 6.06. The number of aromatic nitrogens is 1. The van der Waals surface area contributed by atoms with Crippen molar-refractivity contribution in [2.45, 2.75) is 6.92 Å². The predicted molar refractivity (Wildman–Crippen MR) is 71.1 cm³/mol. The van der Waals surface area contributed by atoms with Crippen LogP contribution in [0, 0.1) is 6.92 Å². The summed E-state index contributed by atoms with van der Waals surface area (Å²) in [6.45, 7) is 1.76. The van der Waals surface area contributed by atoms with E-state index in [1.807, 2.05) is 0 Å². The second kappa shape index (κ2) is 4.85. The first-order valence-corrected chi connectivity index (χ1v) is 5.53. The molecule has 1 aromatic heterocycles. The summed E-state index contributed by atoms with van der Waals surface area (Å²) in [5.41, 5.74) is 6.84. The maximum atomic E-state index is 12.0. The molecular formula is C13H13N3O3. The number of nitrogen functional groups attached to an aromatic ring is 1. The van der Waals surface area contributed by atoms with E-state index >= 15 is 0 Å². The minimum atomic E-state index is -0.516. The van der Waals surface area contributed by atoms with Gasteiger partial charge in [-0.15, -0.1) is 0 Å². The van der Waals surface area contributed by atoms with Gasteiger partial charge in [-0.05, 0) is 30.7 Å². The van der Waals surface area contributed by atoms with Crippen LogP contribution in [-0.4, -0.2) is 21.1 Å². The normalized spacial score (nSPS) is 10.2. The summed E-state index contributed by atoms with van der Waals surface area (Å²) in [5.74, 6) is -0.564. The third kappa shape index (κ3) is 2.74. The summed E-state index contributed by atoms with van der Waals surface area (Å²) < 4.78 is 0. The molecule has 0 saturated heterocycles. The lowest BCUT2D eigenvalue weighted by atomic mass is 10.1. The van der Waals surface area contributed by atoms with Crippen LogP contribution in [0.2, 0.25) is 0 Å². The SMILES string of the molecule is Cc1cc(N)cnc1NC(=O)c1ccc(O)cc1O. The second-order valence-electron chi connectivity index (χ2n) is 4.09. The van der Waals surface area contributed by atoms with Crippen molar-refractivity contribution in [3.63, 3.8) is 0 Å². The monoisotopic (exact) mass is 259 g/mol. The molecule has 0 spiro atoms. The van der Waals surface area contributed by atoms with E-state index in [1.54, 1.807) is 13.0 Å². The Morgan fingerprint density at radius 2 is 2.05 bits per heavy atom. The van der Waals surface area contributed by atoms with Gasteiger partial charge in [-0.1, -0.05) is 0 Å². The van der Waals surface area contributed by atoms with Crippen molar-refractivity contribution < 1.29 is 15.0 Å². The molecule has 0 radical (unpaired) electrons. The number of hydrogen-bond acceptors (Lipinski definition) is 5. The van der Waals surface area contributed by atoms with Gasteiger partial charge in [0.05, 0.1) is 17.4 Å². The van der Waals surface area contributed by atoms with Crippen LogP contribution in [0.15, 0.2) is 30.5 Å². The van der Waals surface area contributed by atoms with Crippen molar-refractivity contribution in [2.75, 3.05) is 11.1 Å². The summed E-state index contributed by atoms with van der Waals surface area (Å²) in [7, 11) is 0. The zero-order valence-corrected chi connectivity index (χ0v) is 10.2. The molecule has 0 aliphatic carbocycles.